The second-order valence-corrected chi connectivity index (χ2v) is 7.53. The lowest BCUT2D eigenvalue weighted by atomic mass is 9.84. The number of hydrogen-bond acceptors (Lipinski definition) is 4. The number of nitrogens with two attached hydrogens (primary N) is 1. The molecule has 2 heterocycles. The van der Waals surface area contributed by atoms with Crippen LogP contribution in [-0.4, -0.2) is 18.1 Å². The molecule has 0 unspecified atom stereocenters. The molecule has 1 aliphatic heterocycles. The molecule has 3 rings (SSSR count). The van der Waals surface area contributed by atoms with E-state index in [1.54, 1.807) is 0 Å². The van der Waals surface area contributed by atoms with E-state index in [0.29, 0.717) is 17.9 Å². The first-order chi connectivity index (χ1) is 8.59. The number of aromatic nitrogens is 1. The van der Waals surface area contributed by atoms with Crippen molar-refractivity contribution < 1.29 is 0 Å². The van der Waals surface area contributed by atoms with E-state index in [1.807, 2.05) is 11.3 Å². The van der Waals surface area contributed by atoms with Crippen LogP contribution in [0.2, 0.25) is 0 Å². The minimum Gasteiger partial charge on any atom is -0.348 e. The summed E-state index contributed by atoms with van der Waals surface area (Å²) in [4.78, 5) is 8.68. The first kappa shape index (κ1) is 12.4. The van der Waals surface area contributed by atoms with Gasteiger partial charge in [-0.05, 0) is 31.1 Å². The fraction of sp³-hybridized carbons (Fsp3) is 0.786. The molecule has 1 aromatic rings. The van der Waals surface area contributed by atoms with Crippen molar-refractivity contribution in [3.05, 3.63) is 10.6 Å². The number of rotatable bonds is 3. The summed E-state index contributed by atoms with van der Waals surface area (Å²) in [6.07, 6.45) is 5.22. The number of hydrogen-bond donors (Lipinski definition) is 1. The maximum absolute atomic E-state index is 5.86. The SMILES string of the molecule is CC1(C)CCCN(c2nc(C3CC3)c(CN)s2)C1. The molecule has 4 heteroatoms. The molecular weight excluding hydrogens is 242 g/mol. The number of anilines is 1. The molecule has 2 fully saturated rings. The van der Waals surface area contributed by atoms with E-state index in [2.05, 4.69) is 18.7 Å². The smallest absolute Gasteiger partial charge is 0.185 e. The Kier molecular flexibility index (Phi) is 3.10. The molecule has 0 bridgehead atoms. The normalized spacial score (nSPS) is 23.4. The van der Waals surface area contributed by atoms with Crippen LogP contribution in [0.4, 0.5) is 5.13 Å². The van der Waals surface area contributed by atoms with Crippen LogP contribution in [0.15, 0.2) is 0 Å². The topological polar surface area (TPSA) is 42.2 Å². The van der Waals surface area contributed by atoms with Gasteiger partial charge in [0, 0.05) is 30.4 Å². The highest BCUT2D eigenvalue weighted by molar-refractivity contribution is 7.15. The van der Waals surface area contributed by atoms with Gasteiger partial charge in [0.25, 0.3) is 0 Å². The van der Waals surface area contributed by atoms with Crippen LogP contribution in [0.3, 0.4) is 0 Å². The Balaban J connectivity index is 1.83. The predicted molar refractivity (Wildman–Crippen MR) is 77.2 cm³/mol. The third kappa shape index (κ3) is 2.41. The highest BCUT2D eigenvalue weighted by atomic mass is 32.1. The first-order valence-electron chi connectivity index (χ1n) is 7.04. The molecule has 1 saturated heterocycles. The van der Waals surface area contributed by atoms with E-state index in [9.17, 15) is 0 Å². The molecule has 0 radical (unpaired) electrons. The summed E-state index contributed by atoms with van der Waals surface area (Å²) in [6, 6.07) is 0. The molecule has 100 valence electrons. The van der Waals surface area contributed by atoms with E-state index in [1.165, 1.54) is 41.4 Å². The van der Waals surface area contributed by atoms with Crippen LogP contribution in [0, 0.1) is 5.41 Å². The summed E-state index contributed by atoms with van der Waals surface area (Å²) in [5.74, 6) is 0.714. The summed E-state index contributed by atoms with van der Waals surface area (Å²) in [5.41, 5.74) is 7.59. The lowest BCUT2D eigenvalue weighted by Crippen LogP contribution is -2.40. The zero-order valence-electron chi connectivity index (χ0n) is 11.4. The van der Waals surface area contributed by atoms with Gasteiger partial charge in [-0.2, -0.15) is 0 Å². The molecule has 2 N–H and O–H groups in total. The van der Waals surface area contributed by atoms with Gasteiger partial charge in [-0.1, -0.05) is 13.8 Å². The molecule has 0 amide bonds. The van der Waals surface area contributed by atoms with Gasteiger partial charge in [-0.15, -0.1) is 11.3 Å². The summed E-state index contributed by atoms with van der Waals surface area (Å²) in [7, 11) is 0. The van der Waals surface area contributed by atoms with E-state index in [-0.39, 0.29) is 0 Å². The second-order valence-electron chi connectivity index (χ2n) is 6.47. The van der Waals surface area contributed by atoms with Crippen molar-refractivity contribution >= 4 is 16.5 Å². The molecular formula is C14H23N3S. The summed E-state index contributed by atoms with van der Waals surface area (Å²) in [5, 5.41) is 1.21. The van der Waals surface area contributed by atoms with Crippen molar-refractivity contribution in [3.63, 3.8) is 0 Å². The van der Waals surface area contributed by atoms with Gasteiger partial charge in [0.2, 0.25) is 0 Å². The van der Waals surface area contributed by atoms with Crippen molar-refractivity contribution in [2.24, 2.45) is 11.1 Å². The Labute approximate surface area is 113 Å². The first-order valence-corrected chi connectivity index (χ1v) is 7.85. The van der Waals surface area contributed by atoms with Crippen LogP contribution in [0.25, 0.3) is 0 Å². The fourth-order valence-corrected chi connectivity index (χ4v) is 3.94. The maximum atomic E-state index is 5.86. The van der Waals surface area contributed by atoms with Crippen molar-refractivity contribution in [1.29, 1.82) is 0 Å². The van der Waals surface area contributed by atoms with Crippen molar-refractivity contribution in [2.75, 3.05) is 18.0 Å². The van der Waals surface area contributed by atoms with Gasteiger partial charge in [0.05, 0.1) is 5.69 Å². The third-order valence-corrected chi connectivity index (χ3v) is 5.19. The average molecular weight is 265 g/mol. The van der Waals surface area contributed by atoms with Gasteiger partial charge in [-0.25, -0.2) is 4.98 Å². The standard InChI is InChI=1S/C14H23N3S/c1-14(2)6-3-7-17(9-14)13-16-12(10-4-5-10)11(8-15)18-13/h10H,3-9,15H2,1-2H3. The molecule has 0 aromatic carbocycles. The predicted octanol–water partition coefficient (Wildman–Crippen LogP) is 3.11. The molecule has 18 heavy (non-hydrogen) atoms. The van der Waals surface area contributed by atoms with E-state index in [0.717, 1.165) is 13.1 Å². The van der Waals surface area contributed by atoms with Crippen LogP contribution < -0.4 is 10.6 Å². The summed E-state index contributed by atoms with van der Waals surface area (Å²) < 4.78 is 0. The molecule has 0 spiro atoms. The Morgan fingerprint density at radius 2 is 2.22 bits per heavy atom. The monoisotopic (exact) mass is 265 g/mol. The van der Waals surface area contributed by atoms with Crippen molar-refractivity contribution in [2.45, 2.75) is 52.0 Å². The Hall–Kier alpha value is -0.610. The molecule has 1 saturated carbocycles. The number of nitrogens with zero attached hydrogens (tertiary/aromatic N) is 2. The molecule has 1 aromatic heterocycles. The fourth-order valence-electron chi connectivity index (χ4n) is 2.89. The molecule has 2 aliphatic rings. The molecule has 1 aliphatic carbocycles. The van der Waals surface area contributed by atoms with Crippen molar-refractivity contribution in [1.82, 2.24) is 4.98 Å². The lowest BCUT2D eigenvalue weighted by molar-refractivity contribution is 0.293. The molecule has 0 atom stereocenters. The van der Waals surface area contributed by atoms with E-state index < -0.39 is 0 Å². The largest absolute Gasteiger partial charge is 0.348 e. The summed E-state index contributed by atoms with van der Waals surface area (Å²) in [6.45, 7) is 7.66. The maximum Gasteiger partial charge on any atom is 0.185 e. The van der Waals surface area contributed by atoms with Gasteiger partial charge in [0.1, 0.15) is 0 Å². The minimum atomic E-state index is 0.423. The zero-order valence-corrected chi connectivity index (χ0v) is 12.2. The number of piperidine rings is 1. The van der Waals surface area contributed by atoms with Gasteiger partial charge in [0.15, 0.2) is 5.13 Å². The van der Waals surface area contributed by atoms with Gasteiger partial charge in [-0.3, -0.25) is 0 Å². The zero-order chi connectivity index (χ0) is 12.8. The van der Waals surface area contributed by atoms with Gasteiger partial charge >= 0.3 is 0 Å². The van der Waals surface area contributed by atoms with Crippen LogP contribution in [0.5, 0.6) is 0 Å². The van der Waals surface area contributed by atoms with Crippen LogP contribution in [-0.2, 0) is 6.54 Å². The Bertz CT molecular complexity index is 434. The second kappa shape index (κ2) is 4.49. The van der Waals surface area contributed by atoms with Crippen LogP contribution in [0.1, 0.15) is 56.0 Å². The quantitative estimate of drug-likeness (QED) is 0.913. The lowest BCUT2D eigenvalue weighted by Gasteiger charge is -2.37. The highest BCUT2D eigenvalue weighted by Crippen LogP contribution is 2.44. The number of thiazole rings is 1. The van der Waals surface area contributed by atoms with Crippen LogP contribution >= 0.6 is 11.3 Å². The Morgan fingerprint density at radius 3 is 2.83 bits per heavy atom. The van der Waals surface area contributed by atoms with E-state index in [4.69, 9.17) is 10.7 Å². The average Bonchev–Trinajstić information content (AvgIpc) is 3.07. The van der Waals surface area contributed by atoms with Gasteiger partial charge < -0.3 is 10.6 Å². The Morgan fingerprint density at radius 1 is 1.44 bits per heavy atom. The third-order valence-electron chi connectivity index (χ3n) is 4.04. The minimum absolute atomic E-state index is 0.423. The van der Waals surface area contributed by atoms with E-state index >= 15 is 0 Å². The summed E-state index contributed by atoms with van der Waals surface area (Å²) >= 11 is 1.82. The molecule has 3 nitrogen and oxygen atoms in total. The highest BCUT2D eigenvalue weighted by Gasteiger charge is 2.32. The van der Waals surface area contributed by atoms with Crippen molar-refractivity contribution in [3.8, 4) is 0 Å².